The van der Waals surface area contributed by atoms with Gasteiger partial charge in [-0.15, -0.1) is 0 Å². The van der Waals surface area contributed by atoms with Crippen molar-refractivity contribution >= 4 is 17.1 Å². The molecule has 0 aliphatic rings. The lowest BCUT2D eigenvalue weighted by Crippen LogP contribution is -2.13. The topological polar surface area (TPSA) is 33.5 Å². The van der Waals surface area contributed by atoms with Crippen LogP contribution in [0, 0.1) is 11.8 Å². The maximum atomic E-state index is 14.3. The number of amides is 1. The molecule has 2 aromatic carbocycles. The van der Waals surface area contributed by atoms with E-state index < -0.39 is 29.4 Å². The Kier molecular flexibility index (Phi) is 4.77. The van der Waals surface area contributed by atoms with Crippen LogP contribution in [0.15, 0.2) is 72.8 Å². The monoisotopic (exact) mass is 416 g/mol. The third kappa shape index (κ3) is 3.52. The van der Waals surface area contributed by atoms with Crippen LogP contribution in [0.1, 0.15) is 15.9 Å². The Morgan fingerprint density at radius 2 is 1.57 bits per heavy atom. The largest absolute Gasteiger partial charge is 0.418 e. The first-order chi connectivity index (χ1) is 14.3. The predicted molar refractivity (Wildman–Crippen MR) is 102 cm³/mol. The van der Waals surface area contributed by atoms with Crippen molar-refractivity contribution in [3.05, 3.63) is 95.7 Å². The van der Waals surface area contributed by atoms with Gasteiger partial charge in [-0.25, -0.2) is 4.39 Å². The first-order valence-corrected chi connectivity index (χ1v) is 8.79. The van der Waals surface area contributed by atoms with Crippen molar-refractivity contribution in [2.75, 3.05) is 5.32 Å². The molecule has 4 aromatic rings. The fourth-order valence-corrected chi connectivity index (χ4v) is 3.24. The zero-order valence-corrected chi connectivity index (χ0v) is 15.2. The first-order valence-electron chi connectivity index (χ1n) is 8.79. The molecule has 152 valence electrons. The number of fused-ring (bicyclic) bond motifs is 1. The molecule has 0 saturated heterocycles. The summed E-state index contributed by atoms with van der Waals surface area (Å²) in [5, 5.41) is 2.48. The summed E-state index contributed by atoms with van der Waals surface area (Å²) in [6, 6.07) is 15.5. The molecule has 30 heavy (non-hydrogen) atoms. The van der Waals surface area contributed by atoms with Crippen LogP contribution in [0.5, 0.6) is 0 Å². The molecule has 0 saturated carbocycles. The number of rotatable bonds is 3. The lowest BCUT2D eigenvalue weighted by Gasteiger charge is -2.12. The van der Waals surface area contributed by atoms with E-state index in [0.717, 1.165) is 22.6 Å². The number of nitrogens with zero attached hydrogens (tertiary/aromatic N) is 1. The average molecular weight is 416 g/mol. The van der Waals surface area contributed by atoms with Gasteiger partial charge in [0.15, 0.2) is 5.95 Å². The molecule has 0 atom stereocenters. The van der Waals surface area contributed by atoms with Gasteiger partial charge in [-0.3, -0.25) is 9.20 Å². The molecule has 0 bridgehead atoms. The van der Waals surface area contributed by atoms with Crippen LogP contribution in [0.3, 0.4) is 0 Å². The van der Waals surface area contributed by atoms with Crippen LogP contribution in [-0.4, -0.2) is 10.3 Å². The Bertz CT molecular complexity index is 1240. The second-order valence-electron chi connectivity index (χ2n) is 6.52. The second kappa shape index (κ2) is 7.29. The van der Waals surface area contributed by atoms with Gasteiger partial charge in [-0.05, 0) is 48.0 Å². The van der Waals surface area contributed by atoms with Crippen LogP contribution >= 0.6 is 0 Å². The van der Waals surface area contributed by atoms with E-state index in [1.165, 1.54) is 54.6 Å². The van der Waals surface area contributed by atoms with Crippen molar-refractivity contribution in [3.63, 3.8) is 0 Å². The minimum atomic E-state index is -4.69. The van der Waals surface area contributed by atoms with Crippen molar-refractivity contribution in [3.8, 4) is 11.3 Å². The number of carbonyl (C=O) groups is 1. The van der Waals surface area contributed by atoms with E-state index in [2.05, 4.69) is 5.32 Å². The van der Waals surface area contributed by atoms with Gasteiger partial charge in [0.25, 0.3) is 5.91 Å². The van der Waals surface area contributed by atoms with Crippen molar-refractivity contribution < 1.29 is 26.7 Å². The zero-order valence-electron chi connectivity index (χ0n) is 15.2. The van der Waals surface area contributed by atoms with Crippen molar-refractivity contribution in [1.82, 2.24) is 4.40 Å². The van der Waals surface area contributed by atoms with E-state index in [-0.39, 0.29) is 28.0 Å². The molecule has 1 amide bonds. The number of carbonyl (C=O) groups excluding carboxylic acids is 1. The van der Waals surface area contributed by atoms with Crippen LogP contribution in [0.4, 0.5) is 27.6 Å². The van der Waals surface area contributed by atoms with Gasteiger partial charge in [0.1, 0.15) is 5.82 Å². The number of nitrogens with one attached hydrogen (secondary N) is 1. The van der Waals surface area contributed by atoms with Gasteiger partial charge in [0.2, 0.25) is 0 Å². The van der Waals surface area contributed by atoms with E-state index >= 15 is 0 Å². The van der Waals surface area contributed by atoms with Crippen molar-refractivity contribution in [2.24, 2.45) is 0 Å². The van der Waals surface area contributed by atoms with E-state index in [0.29, 0.717) is 0 Å². The fourth-order valence-electron chi connectivity index (χ4n) is 3.24. The third-order valence-corrected chi connectivity index (χ3v) is 4.58. The van der Waals surface area contributed by atoms with Crippen LogP contribution in [0.25, 0.3) is 16.8 Å². The molecule has 0 aliphatic carbocycles. The Hall–Kier alpha value is -3.68. The number of anilines is 1. The van der Waals surface area contributed by atoms with Crippen LogP contribution < -0.4 is 5.32 Å². The fraction of sp³-hybridized carbons (Fsp3) is 0.0455. The summed E-state index contributed by atoms with van der Waals surface area (Å²) in [5.74, 6) is -2.23. The molecule has 0 aliphatic heterocycles. The average Bonchev–Trinajstić information content (AvgIpc) is 3.10. The summed E-state index contributed by atoms with van der Waals surface area (Å²) in [6.45, 7) is 0. The molecule has 1 N–H and O–H groups in total. The maximum Gasteiger partial charge on any atom is 0.418 e. The molecule has 0 radical (unpaired) electrons. The Morgan fingerprint density at radius 1 is 0.867 bits per heavy atom. The molecule has 2 heterocycles. The Labute approximate surface area is 167 Å². The molecule has 8 heteroatoms. The number of pyridine rings is 1. The number of hydrogen-bond acceptors (Lipinski definition) is 1. The quantitative estimate of drug-likeness (QED) is 0.315. The Morgan fingerprint density at radius 3 is 2.23 bits per heavy atom. The van der Waals surface area contributed by atoms with E-state index in [1.54, 1.807) is 0 Å². The van der Waals surface area contributed by atoms with Crippen molar-refractivity contribution in [2.45, 2.75) is 6.18 Å². The van der Waals surface area contributed by atoms with E-state index in [1.807, 2.05) is 0 Å². The molecule has 2 aromatic heterocycles. The number of aromatic nitrogens is 1. The summed E-state index contributed by atoms with van der Waals surface area (Å²) in [7, 11) is 0. The van der Waals surface area contributed by atoms with E-state index in [4.69, 9.17) is 0 Å². The highest BCUT2D eigenvalue weighted by molar-refractivity contribution is 6.04. The maximum absolute atomic E-state index is 14.3. The van der Waals surface area contributed by atoms with Crippen molar-refractivity contribution in [1.29, 1.82) is 0 Å². The van der Waals surface area contributed by atoms with Gasteiger partial charge in [-0.2, -0.15) is 17.6 Å². The lowest BCUT2D eigenvalue weighted by atomic mass is 10.1. The lowest BCUT2D eigenvalue weighted by molar-refractivity contribution is -0.137. The summed E-state index contributed by atoms with van der Waals surface area (Å²) in [5.41, 5.74) is -1.06. The van der Waals surface area contributed by atoms with Gasteiger partial charge in [0, 0.05) is 11.2 Å². The van der Waals surface area contributed by atoms with Gasteiger partial charge in [-0.1, -0.05) is 30.3 Å². The Balaban J connectivity index is 1.72. The first kappa shape index (κ1) is 19.6. The summed E-state index contributed by atoms with van der Waals surface area (Å²) in [6.07, 6.45) is -4.69. The standard InChI is InChI=1S/C22H13F5N2O/c23-18-6-2-1-5-16(18)21(30)28-14-10-8-13(9-11-14)20-17(22(25,26)27)12-15-4-3-7-19(24)29(15)20/h1-12H,(H,28,30). The summed E-state index contributed by atoms with van der Waals surface area (Å²) >= 11 is 0. The number of alkyl halides is 3. The SMILES string of the molecule is O=C(Nc1ccc(-c2c(C(F)(F)F)cc3cccc(F)n23)cc1)c1ccccc1F. The molecule has 0 fully saturated rings. The van der Waals surface area contributed by atoms with Crippen LogP contribution in [0.2, 0.25) is 0 Å². The molecule has 0 unspecified atom stereocenters. The normalized spacial score (nSPS) is 11.6. The predicted octanol–water partition coefficient (Wildman–Crippen LogP) is 6.16. The van der Waals surface area contributed by atoms with Gasteiger partial charge >= 0.3 is 6.18 Å². The molecule has 4 rings (SSSR count). The highest BCUT2D eigenvalue weighted by atomic mass is 19.4. The highest BCUT2D eigenvalue weighted by Gasteiger charge is 2.36. The highest BCUT2D eigenvalue weighted by Crippen LogP contribution is 2.40. The number of hydrogen-bond donors (Lipinski definition) is 1. The summed E-state index contributed by atoms with van der Waals surface area (Å²) < 4.78 is 69.6. The second-order valence-corrected chi connectivity index (χ2v) is 6.52. The molecule has 3 nitrogen and oxygen atoms in total. The minimum Gasteiger partial charge on any atom is -0.322 e. The number of benzene rings is 2. The van der Waals surface area contributed by atoms with Gasteiger partial charge < -0.3 is 5.32 Å². The minimum absolute atomic E-state index is 0.0641. The smallest absolute Gasteiger partial charge is 0.322 e. The molecular weight excluding hydrogens is 403 g/mol. The summed E-state index contributed by atoms with van der Waals surface area (Å²) in [4.78, 5) is 12.2. The van der Waals surface area contributed by atoms with E-state index in [9.17, 15) is 26.7 Å². The van der Waals surface area contributed by atoms with Crippen LogP contribution in [-0.2, 0) is 6.18 Å². The third-order valence-electron chi connectivity index (χ3n) is 4.58. The molecule has 0 spiro atoms. The molecular formula is C22H13F5N2O. The zero-order chi connectivity index (χ0) is 21.5. The van der Waals surface area contributed by atoms with Gasteiger partial charge in [0.05, 0.1) is 16.8 Å². The number of halogens is 5.